The number of rotatable bonds is 6. The fourth-order valence-electron chi connectivity index (χ4n) is 6.04. The van der Waals surface area contributed by atoms with Crippen LogP contribution in [0.4, 0.5) is 0 Å². The maximum Gasteiger partial charge on any atom is 0.0795 e. The summed E-state index contributed by atoms with van der Waals surface area (Å²) in [7, 11) is -2.82. The summed E-state index contributed by atoms with van der Waals surface area (Å²) in [5.41, 5.74) is 5.28. The predicted octanol–water partition coefficient (Wildman–Crippen LogP) is 12.4. The van der Waals surface area contributed by atoms with Gasteiger partial charge in [0, 0.05) is 48.2 Å². The number of aromatic nitrogens is 2. The fourth-order valence-corrected chi connectivity index (χ4v) is 9.50. The van der Waals surface area contributed by atoms with Crippen molar-refractivity contribution in [1.82, 2.24) is 9.97 Å². The van der Waals surface area contributed by atoms with Crippen LogP contribution in [0.1, 0.15) is 48.4 Å². The van der Waals surface area contributed by atoms with Gasteiger partial charge in [0.1, 0.15) is 0 Å². The Labute approximate surface area is 348 Å². The van der Waals surface area contributed by atoms with Crippen LogP contribution in [0, 0.1) is 31.3 Å². The summed E-state index contributed by atoms with van der Waals surface area (Å²) in [6.07, 6.45) is 2.00. The van der Waals surface area contributed by atoms with Gasteiger partial charge in [-0.05, 0) is 68.1 Å². The van der Waals surface area contributed by atoms with Crippen molar-refractivity contribution in [2.45, 2.75) is 80.1 Å². The van der Waals surface area contributed by atoms with E-state index in [4.69, 9.17) is 11.0 Å². The summed E-state index contributed by atoms with van der Waals surface area (Å²) in [5.74, 6) is 0. The zero-order valence-electron chi connectivity index (χ0n) is 40.0. The second kappa shape index (κ2) is 16.1. The summed E-state index contributed by atoms with van der Waals surface area (Å²) in [4.78, 5) is 9.06. The van der Waals surface area contributed by atoms with Crippen molar-refractivity contribution < 1.29 is 31.1 Å². The minimum absolute atomic E-state index is 0. The third kappa shape index (κ3) is 9.60. The number of pyridine rings is 2. The summed E-state index contributed by atoms with van der Waals surface area (Å²) in [6.45, 7) is 15.0. The van der Waals surface area contributed by atoms with Gasteiger partial charge in [-0.3, -0.25) is 0 Å². The molecule has 53 heavy (non-hydrogen) atoms. The molecule has 3 aromatic heterocycles. The van der Waals surface area contributed by atoms with Crippen LogP contribution in [0.5, 0.6) is 0 Å². The van der Waals surface area contributed by atoms with E-state index in [1.54, 1.807) is 30.5 Å². The molecule has 0 aliphatic rings. The number of fused-ring (bicyclic) bond motifs is 3. The largest absolute Gasteiger partial charge is 0.305 e. The molecule has 0 aliphatic carbocycles. The second-order valence-electron chi connectivity index (χ2n) is 16.4. The van der Waals surface area contributed by atoms with Crippen LogP contribution < -0.4 is 10.4 Å². The van der Waals surface area contributed by atoms with Gasteiger partial charge >= 0.3 is 0 Å². The van der Waals surface area contributed by atoms with Crippen molar-refractivity contribution in [2.75, 3.05) is 0 Å². The molecule has 0 amide bonds. The minimum Gasteiger partial charge on any atom is -0.305 e. The molecule has 0 atom stereocenters. The van der Waals surface area contributed by atoms with Gasteiger partial charge < -0.3 is 9.97 Å². The first-order valence-corrected chi connectivity index (χ1v) is 25.5. The van der Waals surface area contributed by atoms with Crippen molar-refractivity contribution in [1.29, 1.82) is 0 Å². The average Bonchev–Trinajstić information content (AvgIpc) is 3.55. The molecule has 7 aromatic rings. The molecule has 4 aromatic carbocycles. The molecule has 0 saturated heterocycles. The molecular formula is C47H52IrN2SSi2-2. The van der Waals surface area contributed by atoms with Crippen LogP contribution in [0.2, 0.25) is 39.3 Å². The number of benzene rings is 4. The summed E-state index contributed by atoms with van der Waals surface area (Å²) in [5, 5.41) is 4.48. The average molecular weight is 933 g/mol. The van der Waals surface area contributed by atoms with Crippen LogP contribution in [-0.2, 0) is 26.5 Å². The smallest absolute Gasteiger partial charge is 0.0795 e. The van der Waals surface area contributed by atoms with Gasteiger partial charge in [0.05, 0.1) is 16.1 Å². The number of nitrogens with zero attached hydrogens (tertiary/aromatic N) is 2. The number of thiophene rings is 1. The van der Waals surface area contributed by atoms with E-state index < -0.39 is 41.6 Å². The van der Waals surface area contributed by atoms with Crippen LogP contribution in [-0.4, -0.2) is 26.1 Å². The van der Waals surface area contributed by atoms with Crippen LogP contribution >= 0.6 is 11.3 Å². The topological polar surface area (TPSA) is 25.8 Å². The Bertz CT molecular complexity index is 2580. The summed E-state index contributed by atoms with van der Waals surface area (Å²) in [6, 6.07) is 35.0. The fraction of sp³-hybridized carbons (Fsp3) is 0.277. The number of hydrogen-bond acceptors (Lipinski definition) is 3. The Kier molecular flexibility index (Phi) is 9.33. The molecular weight excluding hydrogens is 873 g/mol. The summed E-state index contributed by atoms with van der Waals surface area (Å²) < 4.78 is 66.7. The SMILES string of the molecule is [2H]C([2H])([2H])c1c(-c2ccc([Si](C)(C)C)cc2)ccc2c1sc1c(-c3cc(C([2H])([2H])C(C)(C)C)ccn3)[c-]ccc12.[2H]C([2H])([2H])c1c[c-]c(-c2ccc([Si](C)(C)C)cn2)cc1.[Ir]. The molecule has 7 rings (SSSR count). The first-order valence-electron chi connectivity index (χ1n) is 21.7. The van der Waals surface area contributed by atoms with E-state index >= 15 is 0 Å². The predicted molar refractivity (Wildman–Crippen MR) is 234 cm³/mol. The second-order valence-corrected chi connectivity index (χ2v) is 27.5. The van der Waals surface area contributed by atoms with E-state index in [2.05, 4.69) is 91.7 Å². The van der Waals surface area contributed by atoms with Gasteiger partial charge in [0.2, 0.25) is 0 Å². The van der Waals surface area contributed by atoms with Crippen LogP contribution in [0.15, 0.2) is 103 Å². The van der Waals surface area contributed by atoms with E-state index in [-0.39, 0.29) is 20.1 Å². The summed E-state index contributed by atoms with van der Waals surface area (Å²) >= 11 is 1.45. The maximum absolute atomic E-state index is 8.75. The zero-order valence-corrected chi connectivity index (χ0v) is 37.2. The van der Waals surface area contributed by atoms with Gasteiger partial charge in [0.25, 0.3) is 0 Å². The van der Waals surface area contributed by atoms with Gasteiger partial charge in [-0.2, -0.15) is 11.3 Å². The van der Waals surface area contributed by atoms with Crippen molar-refractivity contribution in [3.05, 3.63) is 132 Å². The molecule has 1 radical (unpaired) electrons. The maximum atomic E-state index is 8.75. The Morgan fingerprint density at radius 3 is 2.06 bits per heavy atom. The molecule has 6 heteroatoms. The van der Waals surface area contributed by atoms with E-state index in [1.807, 2.05) is 57.3 Å². The monoisotopic (exact) mass is 933 g/mol. The third-order valence-electron chi connectivity index (χ3n) is 8.92. The molecule has 0 unspecified atom stereocenters. The molecule has 0 spiro atoms. The van der Waals surface area contributed by atoms with Gasteiger partial charge in [-0.1, -0.05) is 138 Å². The van der Waals surface area contributed by atoms with E-state index in [9.17, 15) is 0 Å². The Morgan fingerprint density at radius 1 is 0.736 bits per heavy atom. The van der Waals surface area contributed by atoms with E-state index in [0.717, 1.165) is 48.1 Å². The number of hydrogen-bond donors (Lipinski definition) is 0. The Hall–Kier alpha value is -3.52. The normalized spacial score (nSPS) is 15.0. The quantitative estimate of drug-likeness (QED) is 0.123. The molecule has 0 N–H and O–H groups in total. The van der Waals surface area contributed by atoms with Crippen molar-refractivity contribution in [3.8, 4) is 33.6 Å². The molecule has 3 heterocycles. The van der Waals surface area contributed by atoms with Gasteiger partial charge in [-0.25, -0.2) is 0 Å². The molecule has 0 bridgehead atoms. The van der Waals surface area contributed by atoms with E-state index in [0.29, 0.717) is 22.4 Å². The first-order chi connectivity index (χ1) is 27.7. The van der Waals surface area contributed by atoms with Gasteiger partial charge in [-0.15, -0.1) is 59.2 Å². The molecule has 0 fully saturated rings. The Balaban J connectivity index is 0.000000282. The standard InChI is InChI=1S/C32H34NSSi.C15H18NSi.Ir/c1-21-25(23-11-13-24(14-12-23)35(5,6)7)15-16-27-26-9-8-10-28(31(26)34-30(21)27)29-19-22(17-18-33-29)20-32(2,3)4;1-12-5-7-13(8-6-12)15-10-9-14(11-16-15)17(2,3)4;/h8-9,11-19H,20H2,1-7H3;5-7,9-11H,1-4H3;/q2*-1;/i1D3,20D2;1D3;. The molecule has 0 saturated carbocycles. The first kappa shape index (κ1) is 30.8. The van der Waals surface area contributed by atoms with Crippen molar-refractivity contribution >= 4 is 58.0 Å². The van der Waals surface area contributed by atoms with Crippen molar-refractivity contribution in [3.63, 3.8) is 0 Å². The molecule has 275 valence electrons. The zero-order chi connectivity index (χ0) is 44.2. The van der Waals surface area contributed by atoms with Crippen LogP contribution in [0.3, 0.4) is 0 Å². The van der Waals surface area contributed by atoms with Crippen LogP contribution in [0.25, 0.3) is 53.8 Å². The van der Waals surface area contributed by atoms with E-state index in [1.165, 1.54) is 27.8 Å². The number of aryl methyl sites for hydroxylation is 2. The van der Waals surface area contributed by atoms with Gasteiger partial charge in [0.15, 0.2) is 0 Å². The van der Waals surface area contributed by atoms with Crippen molar-refractivity contribution in [2.24, 2.45) is 5.41 Å². The third-order valence-corrected chi connectivity index (χ3v) is 14.3. The molecule has 0 aliphatic heterocycles. The minimum atomic E-state index is -2.31. The Morgan fingerprint density at radius 2 is 1.45 bits per heavy atom. The molecule has 2 nitrogen and oxygen atoms in total.